The molecule has 100 valence electrons. The summed E-state index contributed by atoms with van der Waals surface area (Å²) in [7, 11) is 1.35. The number of hydrogen-bond donors (Lipinski definition) is 0. The van der Waals surface area contributed by atoms with Crippen molar-refractivity contribution in [3.05, 3.63) is 35.4 Å². The van der Waals surface area contributed by atoms with Gasteiger partial charge in [0.2, 0.25) is 0 Å². The minimum absolute atomic E-state index is 0.0670. The summed E-state index contributed by atoms with van der Waals surface area (Å²) in [5, 5.41) is 4.47. The van der Waals surface area contributed by atoms with E-state index in [0.717, 1.165) is 10.6 Å². The van der Waals surface area contributed by atoms with Crippen LogP contribution in [0.3, 0.4) is 0 Å². The summed E-state index contributed by atoms with van der Waals surface area (Å²) in [6.07, 6.45) is 0.169. The molecule has 0 aromatic heterocycles. The van der Waals surface area contributed by atoms with E-state index >= 15 is 0 Å². The van der Waals surface area contributed by atoms with Gasteiger partial charge in [-0.25, -0.2) is 0 Å². The molecule has 1 aromatic rings. The molecule has 0 N–H and O–H groups in total. The normalized spacial score (nSPS) is 17.1. The Morgan fingerprint density at radius 2 is 2.21 bits per heavy atom. The van der Waals surface area contributed by atoms with Crippen LogP contribution in [-0.2, 0) is 25.9 Å². The third-order valence-corrected chi connectivity index (χ3v) is 2.72. The van der Waals surface area contributed by atoms with Crippen molar-refractivity contribution in [1.29, 1.82) is 0 Å². The number of hydroxylamine groups is 2. The molecule has 0 radical (unpaired) electrons. The Balaban J connectivity index is 2.48. The molecule has 2 amide bonds. The summed E-state index contributed by atoms with van der Waals surface area (Å²) in [5.74, 6) is -1.03. The number of imide groups is 1. The molecular formula is C13H14N2O4. The van der Waals surface area contributed by atoms with E-state index in [1.54, 1.807) is 19.1 Å². The second-order valence-electron chi connectivity index (χ2n) is 3.90. The van der Waals surface area contributed by atoms with Gasteiger partial charge >= 0.3 is 5.91 Å². The molecule has 0 saturated heterocycles. The molecule has 0 fully saturated rings. The lowest BCUT2D eigenvalue weighted by atomic mass is 10.0. The Hall–Kier alpha value is -2.21. The molecule has 2 rings (SSSR count). The van der Waals surface area contributed by atoms with Crippen LogP contribution in [0.4, 0.5) is 0 Å². The lowest BCUT2D eigenvalue weighted by molar-refractivity contribution is -0.193. The number of oxime groups is 1. The summed E-state index contributed by atoms with van der Waals surface area (Å²) in [6.45, 7) is 1.79. The van der Waals surface area contributed by atoms with Crippen LogP contribution >= 0.6 is 0 Å². The lowest BCUT2D eigenvalue weighted by Gasteiger charge is -2.16. The molecule has 0 spiro atoms. The predicted molar refractivity (Wildman–Crippen MR) is 66.9 cm³/mol. The zero-order valence-corrected chi connectivity index (χ0v) is 10.8. The second kappa shape index (κ2) is 5.62. The van der Waals surface area contributed by atoms with Crippen molar-refractivity contribution in [2.75, 3.05) is 7.11 Å². The van der Waals surface area contributed by atoms with Crippen molar-refractivity contribution in [2.45, 2.75) is 20.0 Å². The summed E-state index contributed by atoms with van der Waals surface area (Å²) in [5.41, 5.74) is 1.45. The molecule has 6 heteroatoms. The summed E-state index contributed by atoms with van der Waals surface area (Å²) < 4.78 is 0. The maximum Gasteiger partial charge on any atom is 0.307 e. The summed E-state index contributed by atoms with van der Waals surface area (Å²) in [4.78, 5) is 34.0. The van der Waals surface area contributed by atoms with Gasteiger partial charge in [-0.1, -0.05) is 36.3 Å². The maximum atomic E-state index is 12.3. The first-order chi connectivity index (χ1) is 9.19. The van der Waals surface area contributed by atoms with Crippen molar-refractivity contribution in [3.8, 4) is 0 Å². The van der Waals surface area contributed by atoms with Gasteiger partial charge < -0.3 is 4.84 Å². The molecule has 19 heavy (non-hydrogen) atoms. The highest BCUT2D eigenvalue weighted by Gasteiger charge is 2.32. The smallest absolute Gasteiger partial charge is 0.307 e. The molecule has 1 aromatic carbocycles. The SMILES string of the molecule is CCC(=O)N1OCc2ccccc2/C(=N\OC)C1=O. The Bertz CT molecular complexity index is 539. The summed E-state index contributed by atoms with van der Waals surface area (Å²) in [6, 6.07) is 7.17. The van der Waals surface area contributed by atoms with Crippen molar-refractivity contribution < 1.29 is 19.3 Å². The fourth-order valence-electron chi connectivity index (χ4n) is 1.79. The van der Waals surface area contributed by atoms with Gasteiger partial charge in [0, 0.05) is 12.0 Å². The minimum atomic E-state index is -0.612. The Kier molecular flexibility index (Phi) is 3.91. The molecular weight excluding hydrogens is 248 g/mol. The van der Waals surface area contributed by atoms with Crippen LogP contribution < -0.4 is 0 Å². The largest absolute Gasteiger partial charge is 0.398 e. The highest BCUT2D eigenvalue weighted by atomic mass is 16.7. The van der Waals surface area contributed by atoms with Crippen LogP contribution in [0.5, 0.6) is 0 Å². The first kappa shape index (κ1) is 13.2. The third kappa shape index (κ3) is 2.48. The monoisotopic (exact) mass is 262 g/mol. The molecule has 0 saturated carbocycles. The second-order valence-corrected chi connectivity index (χ2v) is 3.90. The Labute approximate surface area is 110 Å². The number of rotatable bonds is 2. The number of fused-ring (bicyclic) bond motifs is 1. The van der Waals surface area contributed by atoms with E-state index in [1.807, 2.05) is 12.1 Å². The number of hydrogen-bond acceptors (Lipinski definition) is 5. The standard InChI is InChI=1S/C13H14N2O4/c1-3-11(16)15-13(17)12(14-18-2)10-7-5-4-6-9(10)8-19-15/h4-7H,3,8H2,1-2H3/b14-12+. The number of benzene rings is 1. The average Bonchev–Trinajstić information content (AvgIpc) is 2.57. The number of amides is 2. The van der Waals surface area contributed by atoms with Gasteiger partial charge in [-0.15, -0.1) is 5.06 Å². The number of carbonyl (C=O) groups excluding carboxylic acids is 2. The van der Waals surface area contributed by atoms with Crippen molar-refractivity contribution in [3.63, 3.8) is 0 Å². The third-order valence-electron chi connectivity index (χ3n) is 2.72. The van der Waals surface area contributed by atoms with E-state index in [-0.39, 0.29) is 18.7 Å². The number of carbonyl (C=O) groups is 2. The molecule has 1 heterocycles. The van der Waals surface area contributed by atoms with Gasteiger partial charge in [0.05, 0.1) is 0 Å². The molecule has 0 bridgehead atoms. The minimum Gasteiger partial charge on any atom is -0.398 e. The molecule has 1 aliphatic rings. The van der Waals surface area contributed by atoms with E-state index in [1.165, 1.54) is 7.11 Å². The van der Waals surface area contributed by atoms with Gasteiger partial charge in [-0.2, -0.15) is 0 Å². The van der Waals surface area contributed by atoms with E-state index in [4.69, 9.17) is 9.68 Å². The molecule has 1 aliphatic heterocycles. The topological polar surface area (TPSA) is 68.2 Å². The van der Waals surface area contributed by atoms with Gasteiger partial charge in [-0.3, -0.25) is 14.4 Å². The van der Waals surface area contributed by atoms with Crippen LogP contribution in [0.2, 0.25) is 0 Å². The van der Waals surface area contributed by atoms with E-state index < -0.39 is 11.8 Å². The van der Waals surface area contributed by atoms with Gasteiger partial charge in [0.25, 0.3) is 5.91 Å². The van der Waals surface area contributed by atoms with E-state index in [2.05, 4.69) is 5.16 Å². The molecule has 0 atom stereocenters. The first-order valence-electron chi connectivity index (χ1n) is 5.88. The number of nitrogens with zero attached hydrogens (tertiary/aromatic N) is 2. The van der Waals surface area contributed by atoms with Crippen LogP contribution in [0.25, 0.3) is 0 Å². The van der Waals surface area contributed by atoms with Gasteiger partial charge in [0.1, 0.15) is 13.7 Å². The van der Waals surface area contributed by atoms with Gasteiger partial charge in [0.15, 0.2) is 5.71 Å². The fraction of sp³-hybridized carbons (Fsp3) is 0.308. The Morgan fingerprint density at radius 1 is 1.47 bits per heavy atom. The average molecular weight is 262 g/mol. The Morgan fingerprint density at radius 3 is 2.89 bits per heavy atom. The summed E-state index contributed by atoms with van der Waals surface area (Å²) >= 11 is 0. The van der Waals surface area contributed by atoms with Crippen LogP contribution in [0.15, 0.2) is 29.4 Å². The van der Waals surface area contributed by atoms with E-state index in [0.29, 0.717) is 5.56 Å². The van der Waals surface area contributed by atoms with Gasteiger partial charge in [-0.05, 0) is 5.56 Å². The first-order valence-corrected chi connectivity index (χ1v) is 5.88. The van der Waals surface area contributed by atoms with Crippen LogP contribution in [0, 0.1) is 0 Å². The fourth-order valence-corrected chi connectivity index (χ4v) is 1.79. The maximum absolute atomic E-state index is 12.3. The highest BCUT2D eigenvalue weighted by Crippen LogP contribution is 2.19. The van der Waals surface area contributed by atoms with Crippen molar-refractivity contribution in [2.24, 2.45) is 5.16 Å². The predicted octanol–water partition coefficient (Wildman–Crippen LogP) is 1.25. The zero-order chi connectivity index (χ0) is 13.8. The lowest BCUT2D eigenvalue weighted by Crippen LogP contribution is -2.39. The quantitative estimate of drug-likeness (QED) is 0.752. The molecule has 0 unspecified atom stereocenters. The van der Waals surface area contributed by atoms with Crippen LogP contribution in [-0.4, -0.2) is 29.7 Å². The van der Waals surface area contributed by atoms with E-state index in [9.17, 15) is 9.59 Å². The zero-order valence-electron chi connectivity index (χ0n) is 10.8. The van der Waals surface area contributed by atoms with Crippen molar-refractivity contribution in [1.82, 2.24) is 5.06 Å². The molecule has 0 aliphatic carbocycles. The highest BCUT2D eigenvalue weighted by molar-refractivity contribution is 6.47. The van der Waals surface area contributed by atoms with Crippen LogP contribution in [0.1, 0.15) is 24.5 Å². The molecule has 6 nitrogen and oxygen atoms in total. The van der Waals surface area contributed by atoms with Crippen molar-refractivity contribution >= 4 is 17.5 Å².